The number of rotatable bonds is 13. The Balaban J connectivity index is 1.76. The molecule has 0 aliphatic carbocycles. The lowest BCUT2D eigenvalue weighted by Crippen LogP contribution is -2.61. The molecule has 4 rings (SSSR count). The summed E-state index contributed by atoms with van der Waals surface area (Å²) in [4.78, 5) is 101. The number of carbonyl (C=O) groups is 7. The molecule has 2 aromatic carbocycles. The molecule has 4 unspecified atom stereocenters. The van der Waals surface area contributed by atoms with Crippen LogP contribution < -0.4 is 31.9 Å². The number of carbonyl (C=O) groups excluding carboxylic acids is 6. The molecule has 1 aromatic heterocycles. The number of phenolic OH excluding ortho intramolecular Hbond substituents is 1. The summed E-state index contributed by atoms with van der Waals surface area (Å²) in [5, 5.41) is 37.4. The first-order chi connectivity index (χ1) is 29.9. The van der Waals surface area contributed by atoms with Crippen molar-refractivity contribution in [2.24, 2.45) is 17.8 Å². The number of urea groups is 1. The monoisotopic (exact) mass is 874 g/mol. The van der Waals surface area contributed by atoms with E-state index in [1.165, 1.54) is 18.0 Å². The minimum absolute atomic E-state index is 0.0128. The zero-order valence-electron chi connectivity index (χ0n) is 37.5. The molecular weight excluding hydrogens is 809 g/mol. The Morgan fingerprint density at radius 1 is 0.841 bits per heavy atom. The second-order valence-corrected chi connectivity index (χ2v) is 17.2. The highest BCUT2D eigenvalue weighted by Crippen LogP contribution is 2.25. The highest BCUT2D eigenvalue weighted by atomic mass is 16.4. The van der Waals surface area contributed by atoms with Crippen molar-refractivity contribution in [1.29, 1.82) is 0 Å². The standard InChI is InChI=1S/C46H66N8O9/c1-8-27(5)38-43(59)50-36(21-26(3)4)44(60)54(7)37(23-30-25-48-33-19-18-31(55)24-32(30)33)42(58)49-35(22-29-15-11-10-12-16-29)40(56)47-20-14-13-17-34(41(57)52-38)51-46(63)53-39(45(61)62)28(6)9-2/h10-12,15-16,18-19,24-28,34-39,48,55H,8-9,13-14,17,20-23H2,1-7H3,(H,47,56)(H,49,58)(H,50,59)(H,52,57)(H,61,62)(H2,51,53,63)/t27?,28-,34?,35?,36+,37+,38?,39+/m1/s1. The summed E-state index contributed by atoms with van der Waals surface area (Å²) in [5.74, 6) is -5.16. The van der Waals surface area contributed by atoms with E-state index in [-0.39, 0.29) is 43.9 Å². The molecule has 0 spiro atoms. The molecule has 1 aliphatic rings. The molecule has 2 heterocycles. The molecule has 0 bridgehead atoms. The molecule has 3 aromatic rings. The second-order valence-electron chi connectivity index (χ2n) is 17.2. The van der Waals surface area contributed by atoms with Crippen LogP contribution in [-0.4, -0.2) is 111 Å². The van der Waals surface area contributed by atoms with Gasteiger partial charge < -0.3 is 52.0 Å². The summed E-state index contributed by atoms with van der Waals surface area (Å²) in [6.07, 6.45) is 3.67. The number of aromatic amines is 1. The van der Waals surface area contributed by atoms with Gasteiger partial charge in [0.25, 0.3) is 0 Å². The van der Waals surface area contributed by atoms with Gasteiger partial charge in [-0.3, -0.25) is 24.0 Å². The van der Waals surface area contributed by atoms with E-state index >= 15 is 0 Å². The van der Waals surface area contributed by atoms with Crippen molar-refractivity contribution in [2.45, 2.75) is 129 Å². The Morgan fingerprint density at radius 3 is 2.19 bits per heavy atom. The fourth-order valence-corrected chi connectivity index (χ4v) is 7.69. The topological polar surface area (TPSA) is 251 Å². The SMILES string of the molecule is CCC(C)C1NC(=O)C(NC(=O)N[C@H](C(=O)O)[C@H](C)CC)CCCCNC(=O)C(Cc2ccccc2)NC(=O)[C@H](Cc2c[nH]c3ccc(O)cc23)N(C)C(=O)[C@H](CC(C)C)NC1=O. The predicted molar refractivity (Wildman–Crippen MR) is 238 cm³/mol. The van der Waals surface area contributed by atoms with E-state index in [9.17, 15) is 43.8 Å². The van der Waals surface area contributed by atoms with Crippen molar-refractivity contribution in [1.82, 2.24) is 41.8 Å². The molecule has 8 atom stereocenters. The molecule has 0 saturated carbocycles. The second kappa shape index (κ2) is 23.4. The predicted octanol–water partition coefficient (Wildman–Crippen LogP) is 3.50. The summed E-state index contributed by atoms with van der Waals surface area (Å²) in [5.41, 5.74) is 2.10. The van der Waals surface area contributed by atoms with Crippen molar-refractivity contribution in [3.05, 3.63) is 65.9 Å². The summed E-state index contributed by atoms with van der Waals surface area (Å²) < 4.78 is 0. The van der Waals surface area contributed by atoms with E-state index in [0.717, 1.165) is 5.56 Å². The summed E-state index contributed by atoms with van der Waals surface area (Å²) >= 11 is 0. The van der Waals surface area contributed by atoms with Crippen LogP contribution in [0.2, 0.25) is 0 Å². The van der Waals surface area contributed by atoms with E-state index in [4.69, 9.17) is 0 Å². The number of hydrogen-bond acceptors (Lipinski definition) is 8. The van der Waals surface area contributed by atoms with Gasteiger partial charge in [0.2, 0.25) is 29.5 Å². The Labute approximate surface area is 369 Å². The lowest BCUT2D eigenvalue weighted by molar-refractivity contribution is -0.143. The van der Waals surface area contributed by atoms with Crippen LogP contribution in [0.3, 0.4) is 0 Å². The Bertz CT molecular complexity index is 2060. The first kappa shape index (κ1) is 49.5. The maximum absolute atomic E-state index is 14.7. The van der Waals surface area contributed by atoms with Gasteiger partial charge in [0, 0.05) is 43.5 Å². The Hall–Kier alpha value is -6.13. The smallest absolute Gasteiger partial charge is 0.326 e. The first-order valence-electron chi connectivity index (χ1n) is 22.0. The number of nitrogens with one attached hydrogen (secondary N) is 7. The van der Waals surface area contributed by atoms with Crippen LogP contribution in [-0.2, 0) is 41.6 Å². The van der Waals surface area contributed by atoms with Crippen LogP contribution in [0, 0.1) is 17.8 Å². The van der Waals surface area contributed by atoms with Crippen molar-refractivity contribution in [3.8, 4) is 5.75 Å². The maximum Gasteiger partial charge on any atom is 0.326 e. The molecule has 17 nitrogen and oxygen atoms in total. The number of phenols is 1. The molecule has 17 heteroatoms. The van der Waals surface area contributed by atoms with Crippen LogP contribution in [0.5, 0.6) is 5.75 Å². The van der Waals surface area contributed by atoms with E-state index < -0.39 is 89.6 Å². The van der Waals surface area contributed by atoms with E-state index in [1.54, 1.807) is 39.1 Å². The number of hydrogen-bond donors (Lipinski definition) is 9. The van der Waals surface area contributed by atoms with Gasteiger partial charge in [0.05, 0.1) is 0 Å². The van der Waals surface area contributed by atoms with Crippen molar-refractivity contribution in [2.75, 3.05) is 13.6 Å². The molecular formula is C46H66N8O9. The van der Waals surface area contributed by atoms with Crippen molar-refractivity contribution in [3.63, 3.8) is 0 Å². The van der Waals surface area contributed by atoms with Crippen LogP contribution in [0.1, 0.15) is 91.2 Å². The number of fused-ring (bicyclic) bond motifs is 1. The van der Waals surface area contributed by atoms with Gasteiger partial charge in [0.15, 0.2) is 0 Å². The largest absolute Gasteiger partial charge is 0.508 e. The third-order valence-electron chi connectivity index (χ3n) is 11.9. The third kappa shape index (κ3) is 13.9. The number of carboxylic acids is 1. The average molecular weight is 875 g/mol. The van der Waals surface area contributed by atoms with Gasteiger partial charge in [-0.05, 0) is 72.8 Å². The van der Waals surface area contributed by atoms with Gasteiger partial charge in [-0.2, -0.15) is 0 Å². The van der Waals surface area contributed by atoms with Gasteiger partial charge >= 0.3 is 12.0 Å². The zero-order chi connectivity index (χ0) is 46.4. The fraction of sp³-hybridized carbons (Fsp3) is 0.543. The van der Waals surface area contributed by atoms with Gasteiger partial charge in [-0.25, -0.2) is 9.59 Å². The fourth-order valence-electron chi connectivity index (χ4n) is 7.69. The van der Waals surface area contributed by atoms with Crippen LogP contribution in [0.15, 0.2) is 54.7 Å². The maximum atomic E-state index is 14.7. The van der Waals surface area contributed by atoms with Gasteiger partial charge in [0.1, 0.15) is 42.0 Å². The molecule has 1 fully saturated rings. The number of aliphatic carboxylic acids is 1. The number of likely N-dealkylation sites (N-methyl/N-ethyl adjacent to an activating group) is 1. The van der Waals surface area contributed by atoms with Crippen LogP contribution >= 0.6 is 0 Å². The number of amides is 7. The Kier molecular flexibility index (Phi) is 18.4. The number of aromatic hydroxyl groups is 1. The average Bonchev–Trinajstić information content (AvgIpc) is 3.65. The van der Waals surface area contributed by atoms with Gasteiger partial charge in [-0.15, -0.1) is 0 Å². The highest BCUT2D eigenvalue weighted by Gasteiger charge is 2.38. The minimum atomic E-state index is -1.23. The molecule has 344 valence electrons. The molecule has 0 radical (unpaired) electrons. The van der Waals surface area contributed by atoms with Crippen LogP contribution in [0.4, 0.5) is 4.79 Å². The highest BCUT2D eigenvalue weighted by molar-refractivity contribution is 5.97. The number of carboxylic acid groups (broad SMARTS) is 1. The lowest BCUT2D eigenvalue weighted by Gasteiger charge is -2.33. The molecule has 1 saturated heterocycles. The van der Waals surface area contributed by atoms with E-state index in [2.05, 4.69) is 36.9 Å². The number of H-pyrrole nitrogens is 1. The summed E-state index contributed by atoms with van der Waals surface area (Å²) in [6, 6.07) is 6.10. The van der Waals surface area contributed by atoms with E-state index in [1.807, 2.05) is 51.1 Å². The summed E-state index contributed by atoms with van der Waals surface area (Å²) in [6.45, 7) is 11.0. The lowest BCUT2D eigenvalue weighted by atomic mass is 9.95. The molecule has 1 aliphatic heterocycles. The summed E-state index contributed by atoms with van der Waals surface area (Å²) in [7, 11) is 1.47. The van der Waals surface area contributed by atoms with Gasteiger partial charge in [-0.1, -0.05) is 84.7 Å². The van der Waals surface area contributed by atoms with Crippen molar-refractivity contribution >= 4 is 52.4 Å². The normalized spacial score (nSPS) is 22.6. The van der Waals surface area contributed by atoms with E-state index in [0.29, 0.717) is 42.1 Å². The molecule has 7 amide bonds. The number of aromatic nitrogens is 1. The number of nitrogens with zero attached hydrogens (tertiary/aromatic N) is 1. The van der Waals surface area contributed by atoms with Crippen molar-refractivity contribution < 1.29 is 43.8 Å². The van der Waals surface area contributed by atoms with Crippen LogP contribution in [0.25, 0.3) is 10.9 Å². The molecule has 9 N–H and O–H groups in total. The quantitative estimate of drug-likeness (QED) is 0.122. The Morgan fingerprint density at radius 2 is 1.54 bits per heavy atom. The molecule has 63 heavy (non-hydrogen) atoms. The minimum Gasteiger partial charge on any atom is -0.508 e. The first-order valence-corrected chi connectivity index (χ1v) is 22.0. The zero-order valence-corrected chi connectivity index (χ0v) is 37.5. The third-order valence-corrected chi connectivity index (χ3v) is 11.9. The number of benzene rings is 2.